The lowest BCUT2D eigenvalue weighted by Crippen LogP contribution is -2.41. The predicted octanol–water partition coefficient (Wildman–Crippen LogP) is 4.38. The van der Waals surface area contributed by atoms with E-state index in [0.717, 1.165) is 31.4 Å². The van der Waals surface area contributed by atoms with Gasteiger partial charge in [-0.05, 0) is 42.5 Å². The number of carbonyl (C=O) groups is 1. The van der Waals surface area contributed by atoms with Gasteiger partial charge in [0.05, 0.1) is 6.42 Å². The van der Waals surface area contributed by atoms with Crippen molar-refractivity contribution < 1.29 is 9.18 Å². The molecule has 0 unspecified atom stereocenters. The maximum absolute atomic E-state index is 13.0. The third-order valence-electron chi connectivity index (χ3n) is 4.84. The fraction of sp³-hybridized carbons (Fsp3) is 0.381. The zero-order valence-electron chi connectivity index (χ0n) is 14.0. The number of hydrogen-bond donors (Lipinski definition) is 0. The Balaban J connectivity index is 1.66. The Morgan fingerprint density at radius 3 is 2.29 bits per heavy atom. The average molecular weight is 325 g/mol. The standard InChI is InChI=1S/C21H24FNO/c22-19-12-10-18(11-13-19)16-21(24)23(20-8-4-5-9-20)15-14-17-6-2-1-3-7-17/h1-3,6-7,10-13,20H,4-5,8-9,14-16H2. The smallest absolute Gasteiger partial charge is 0.227 e. The molecule has 2 aromatic rings. The molecule has 2 aromatic carbocycles. The minimum Gasteiger partial charge on any atom is -0.339 e. The first-order valence-electron chi connectivity index (χ1n) is 8.80. The van der Waals surface area contributed by atoms with Gasteiger partial charge in [-0.15, -0.1) is 0 Å². The van der Waals surface area contributed by atoms with Crippen LogP contribution in [-0.4, -0.2) is 23.4 Å². The van der Waals surface area contributed by atoms with Crippen molar-refractivity contribution in [3.8, 4) is 0 Å². The van der Waals surface area contributed by atoms with Gasteiger partial charge in [-0.3, -0.25) is 4.79 Å². The van der Waals surface area contributed by atoms with Crippen molar-refractivity contribution in [2.75, 3.05) is 6.54 Å². The molecule has 1 aliphatic rings. The molecule has 1 fully saturated rings. The summed E-state index contributed by atoms with van der Waals surface area (Å²) in [6.07, 6.45) is 5.85. The maximum atomic E-state index is 13.0. The van der Waals surface area contributed by atoms with Crippen LogP contribution in [0.25, 0.3) is 0 Å². The summed E-state index contributed by atoms with van der Waals surface area (Å²) >= 11 is 0. The van der Waals surface area contributed by atoms with Gasteiger partial charge >= 0.3 is 0 Å². The van der Waals surface area contributed by atoms with E-state index >= 15 is 0 Å². The zero-order valence-corrected chi connectivity index (χ0v) is 14.0. The molecule has 1 saturated carbocycles. The second kappa shape index (κ2) is 8.09. The largest absolute Gasteiger partial charge is 0.339 e. The number of carbonyl (C=O) groups excluding carboxylic acids is 1. The highest BCUT2D eigenvalue weighted by molar-refractivity contribution is 5.79. The monoisotopic (exact) mass is 325 g/mol. The predicted molar refractivity (Wildman–Crippen MR) is 94.2 cm³/mol. The van der Waals surface area contributed by atoms with E-state index in [1.807, 2.05) is 18.2 Å². The van der Waals surface area contributed by atoms with Crippen LogP contribution in [0.3, 0.4) is 0 Å². The number of nitrogens with zero attached hydrogens (tertiary/aromatic N) is 1. The highest BCUT2D eigenvalue weighted by atomic mass is 19.1. The molecule has 1 amide bonds. The normalized spacial score (nSPS) is 14.7. The summed E-state index contributed by atoms with van der Waals surface area (Å²) in [5.74, 6) is -0.104. The van der Waals surface area contributed by atoms with Crippen LogP contribution in [0.15, 0.2) is 54.6 Å². The summed E-state index contributed by atoms with van der Waals surface area (Å²) in [5.41, 5.74) is 2.14. The highest BCUT2D eigenvalue weighted by Gasteiger charge is 2.26. The molecule has 24 heavy (non-hydrogen) atoms. The van der Waals surface area contributed by atoms with Crippen LogP contribution in [-0.2, 0) is 17.6 Å². The molecule has 0 atom stereocenters. The lowest BCUT2D eigenvalue weighted by molar-refractivity contribution is -0.132. The molecule has 0 saturated heterocycles. The van der Waals surface area contributed by atoms with E-state index in [9.17, 15) is 9.18 Å². The molecule has 3 rings (SSSR count). The maximum Gasteiger partial charge on any atom is 0.227 e. The van der Waals surface area contributed by atoms with Crippen molar-refractivity contribution in [1.29, 1.82) is 0 Å². The number of hydrogen-bond acceptors (Lipinski definition) is 1. The van der Waals surface area contributed by atoms with Crippen molar-refractivity contribution in [3.05, 3.63) is 71.5 Å². The van der Waals surface area contributed by atoms with Crippen molar-refractivity contribution >= 4 is 5.91 Å². The number of amides is 1. The summed E-state index contributed by atoms with van der Waals surface area (Å²) < 4.78 is 13.0. The van der Waals surface area contributed by atoms with Crippen molar-refractivity contribution in [3.63, 3.8) is 0 Å². The molecule has 0 bridgehead atoms. The fourth-order valence-electron chi connectivity index (χ4n) is 3.50. The quantitative estimate of drug-likeness (QED) is 0.772. The number of benzene rings is 2. The van der Waals surface area contributed by atoms with E-state index in [4.69, 9.17) is 0 Å². The molecule has 0 heterocycles. The van der Waals surface area contributed by atoms with Gasteiger partial charge in [-0.25, -0.2) is 4.39 Å². The van der Waals surface area contributed by atoms with Gasteiger partial charge in [0.1, 0.15) is 5.82 Å². The van der Waals surface area contributed by atoms with E-state index in [0.29, 0.717) is 12.5 Å². The fourth-order valence-corrected chi connectivity index (χ4v) is 3.50. The molecule has 0 aromatic heterocycles. The first-order chi connectivity index (χ1) is 11.7. The SMILES string of the molecule is O=C(Cc1ccc(F)cc1)N(CCc1ccccc1)C1CCCC1. The van der Waals surface area contributed by atoms with Crippen molar-refractivity contribution in [1.82, 2.24) is 4.90 Å². The second-order valence-corrected chi connectivity index (χ2v) is 6.56. The van der Waals surface area contributed by atoms with Crippen LogP contribution in [0.5, 0.6) is 0 Å². The number of halogens is 1. The first kappa shape index (κ1) is 16.7. The van der Waals surface area contributed by atoms with Gasteiger partial charge in [-0.2, -0.15) is 0 Å². The minimum absolute atomic E-state index is 0.157. The summed E-state index contributed by atoms with van der Waals surface area (Å²) in [7, 11) is 0. The molecule has 0 radical (unpaired) electrons. The summed E-state index contributed by atoms with van der Waals surface area (Å²) in [4.78, 5) is 14.9. The number of rotatable bonds is 6. The van der Waals surface area contributed by atoms with Crippen LogP contribution in [0, 0.1) is 5.82 Å². The Morgan fingerprint density at radius 1 is 0.958 bits per heavy atom. The summed E-state index contributed by atoms with van der Waals surface area (Å²) in [6.45, 7) is 0.759. The molecule has 3 heteroatoms. The Hall–Kier alpha value is -2.16. The molecule has 2 nitrogen and oxygen atoms in total. The summed E-state index contributed by atoms with van der Waals surface area (Å²) in [5, 5.41) is 0. The Labute approximate surface area is 143 Å². The van der Waals surface area contributed by atoms with Gasteiger partial charge in [0.25, 0.3) is 0 Å². The van der Waals surface area contributed by atoms with Crippen LogP contribution < -0.4 is 0 Å². The third-order valence-corrected chi connectivity index (χ3v) is 4.84. The molecule has 0 N–H and O–H groups in total. The van der Waals surface area contributed by atoms with E-state index < -0.39 is 0 Å². The van der Waals surface area contributed by atoms with E-state index in [1.165, 1.54) is 30.5 Å². The average Bonchev–Trinajstić information content (AvgIpc) is 3.12. The Morgan fingerprint density at radius 2 is 1.62 bits per heavy atom. The lowest BCUT2D eigenvalue weighted by atomic mass is 10.1. The molecular formula is C21H24FNO. The zero-order chi connectivity index (χ0) is 16.8. The van der Waals surface area contributed by atoms with Crippen molar-refractivity contribution in [2.45, 2.75) is 44.6 Å². The topological polar surface area (TPSA) is 20.3 Å². The van der Waals surface area contributed by atoms with Crippen LogP contribution in [0.2, 0.25) is 0 Å². The second-order valence-electron chi connectivity index (χ2n) is 6.56. The van der Waals surface area contributed by atoms with Crippen molar-refractivity contribution in [2.24, 2.45) is 0 Å². The molecule has 0 spiro atoms. The summed E-state index contributed by atoms with van der Waals surface area (Å²) in [6, 6.07) is 16.9. The van der Waals surface area contributed by atoms with Gasteiger partial charge in [-0.1, -0.05) is 55.3 Å². The highest BCUT2D eigenvalue weighted by Crippen LogP contribution is 2.24. The van der Waals surface area contributed by atoms with Crippen LogP contribution >= 0.6 is 0 Å². The lowest BCUT2D eigenvalue weighted by Gasteiger charge is -2.29. The third kappa shape index (κ3) is 4.44. The van der Waals surface area contributed by atoms with E-state index in [-0.39, 0.29) is 11.7 Å². The first-order valence-corrected chi connectivity index (χ1v) is 8.80. The van der Waals surface area contributed by atoms with E-state index in [2.05, 4.69) is 17.0 Å². The van der Waals surface area contributed by atoms with Gasteiger partial charge in [0, 0.05) is 12.6 Å². The molecule has 1 aliphatic carbocycles. The van der Waals surface area contributed by atoms with Gasteiger partial charge < -0.3 is 4.90 Å². The van der Waals surface area contributed by atoms with E-state index in [1.54, 1.807) is 12.1 Å². The molecule has 0 aliphatic heterocycles. The Bertz CT molecular complexity index is 647. The minimum atomic E-state index is -0.261. The van der Waals surface area contributed by atoms with Gasteiger partial charge in [0.15, 0.2) is 0 Å². The van der Waals surface area contributed by atoms with Gasteiger partial charge in [0.2, 0.25) is 5.91 Å². The molecule has 126 valence electrons. The van der Waals surface area contributed by atoms with Crippen LogP contribution in [0.4, 0.5) is 4.39 Å². The van der Waals surface area contributed by atoms with Crippen LogP contribution in [0.1, 0.15) is 36.8 Å². The Kier molecular flexibility index (Phi) is 5.63. The molecular weight excluding hydrogens is 301 g/mol.